The summed E-state index contributed by atoms with van der Waals surface area (Å²) in [4.78, 5) is 15.3. The number of nitrogens with zero attached hydrogens (tertiary/aromatic N) is 1. The molecule has 2 atom stereocenters. The number of ether oxygens (including phenoxy) is 1. The molecule has 1 amide bonds. The molecule has 4 rings (SSSR count). The number of pyridine rings is 1. The Kier molecular flexibility index (Phi) is 6.32. The van der Waals surface area contributed by atoms with Crippen molar-refractivity contribution in [2.75, 3.05) is 0 Å². The number of nitrogens with one attached hydrogen (secondary N) is 1. The van der Waals surface area contributed by atoms with E-state index in [0.29, 0.717) is 30.2 Å². The Bertz CT molecular complexity index is 1100. The first-order valence-electron chi connectivity index (χ1n) is 10.6. The van der Waals surface area contributed by atoms with Gasteiger partial charge in [0.15, 0.2) is 0 Å². The summed E-state index contributed by atoms with van der Waals surface area (Å²) in [5, 5.41) is 5.14. The summed E-state index contributed by atoms with van der Waals surface area (Å²) in [6, 6.07) is 14.4. The van der Waals surface area contributed by atoms with Gasteiger partial charge in [-0.15, -0.1) is 0 Å². The van der Waals surface area contributed by atoms with E-state index in [2.05, 4.69) is 10.3 Å². The molecule has 1 saturated carbocycles. The zero-order valence-corrected chi connectivity index (χ0v) is 17.4. The van der Waals surface area contributed by atoms with Gasteiger partial charge < -0.3 is 15.8 Å². The van der Waals surface area contributed by atoms with Gasteiger partial charge in [-0.3, -0.25) is 4.79 Å². The van der Waals surface area contributed by atoms with E-state index in [0.717, 1.165) is 22.8 Å². The Balaban J connectivity index is 1.50. The lowest BCUT2D eigenvalue weighted by Gasteiger charge is -2.31. The molecule has 0 radical (unpaired) electrons. The number of benzene rings is 2. The summed E-state index contributed by atoms with van der Waals surface area (Å²) >= 11 is 0. The molecule has 168 valence electrons. The summed E-state index contributed by atoms with van der Waals surface area (Å²) in [7, 11) is 0. The molecule has 2 aromatic carbocycles. The lowest BCUT2D eigenvalue weighted by molar-refractivity contribution is -0.183. The van der Waals surface area contributed by atoms with Crippen LogP contribution in [0.15, 0.2) is 54.7 Å². The van der Waals surface area contributed by atoms with E-state index in [1.807, 2.05) is 36.4 Å². The topological polar surface area (TPSA) is 77.2 Å². The van der Waals surface area contributed by atoms with Crippen LogP contribution in [0, 0.1) is 5.92 Å². The fourth-order valence-corrected chi connectivity index (χ4v) is 4.20. The minimum absolute atomic E-state index is 0.121. The number of carbonyl (C=O) groups is 1. The lowest BCUT2D eigenvalue weighted by Crippen LogP contribution is -2.38. The van der Waals surface area contributed by atoms with Crippen LogP contribution in [0.2, 0.25) is 0 Å². The second-order valence-corrected chi connectivity index (χ2v) is 8.10. The van der Waals surface area contributed by atoms with Gasteiger partial charge in [-0.1, -0.05) is 36.8 Å². The summed E-state index contributed by atoms with van der Waals surface area (Å²) in [5.74, 6) is -0.870. The average molecular weight is 443 g/mol. The fraction of sp³-hybridized carbons (Fsp3) is 0.333. The van der Waals surface area contributed by atoms with Gasteiger partial charge >= 0.3 is 6.18 Å². The molecular weight excluding hydrogens is 419 g/mol. The number of hydrogen-bond donors (Lipinski definition) is 2. The molecule has 0 spiro atoms. The van der Waals surface area contributed by atoms with Crippen molar-refractivity contribution >= 4 is 16.7 Å². The van der Waals surface area contributed by atoms with Gasteiger partial charge in [0.05, 0.1) is 11.5 Å². The second-order valence-electron chi connectivity index (χ2n) is 8.10. The van der Waals surface area contributed by atoms with Crippen LogP contribution in [0.3, 0.4) is 0 Å². The third kappa shape index (κ3) is 5.02. The number of primary amides is 1. The largest absolute Gasteiger partial charge is 0.438 e. The van der Waals surface area contributed by atoms with Crippen molar-refractivity contribution in [1.29, 1.82) is 0 Å². The van der Waals surface area contributed by atoms with Gasteiger partial charge in [0.25, 0.3) is 0 Å². The number of halogens is 3. The van der Waals surface area contributed by atoms with Gasteiger partial charge in [-0.2, -0.15) is 13.2 Å². The maximum absolute atomic E-state index is 13.1. The number of amides is 1. The summed E-state index contributed by atoms with van der Waals surface area (Å²) in [6.07, 6.45) is -1.11. The molecule has 3 N–H and O–H groups in total. The molecule has 3 aromatic rings. The van der Waals surface area contributed by atoms with Crippen molar-refractivity contribution < 1.29 is 22.7 Å². The Morgan fingerprint density at radius 3 is 2.56 bits per heavy atom. The number of alkyl halides is 3. The predicted octanol–water partition coefficient (Wildman–Crippen LogP) is 5.34. The van der Waals surface area contributed by atoms with Crippen LogP contribution in [0.25, 0.3) is 10.8 Å². The monoisotopic (exact) mass is 443 g/mol. The molecule has 1 unspecified atom stereocenters. The van der Waals surface area contributed by atoms with Gasteiger partial charge in [0, 0.05) is 30.2 Å². The van der Waals surface area contributed by atoms with E-state index in [1.165, 1.54) is 6.20 Å². The van der Waals surface area contributed by atoms with E-state index in [4.69, 9.17) is 10.5 Å². The lowest BCUT2D eigenvalue weighted by atomic mass is 9.85. The molecule has 0 saturated heterocycles. The molecule has 8 heteroatoms. The van der Waals surface area contributed by atoms with Crippen molar-refractivity contribution in [2.45, 2.75) is 44.4 Å². The molecule has 1 aliphatic rings. The average Bonchev–Trinajstić information content (AvgIpc) is 2.78. The summed E-state index contributed by atoms with van der Waals surface area (Å²) in [5.41, 5.74) is 6.51. The van der Waals surface area contributed by atoms with E-state index >= 15 is 0 Å². The van der Waals surface area contributed by atoms with Crippen molar-refractivity contribution in [2.24, 2.45) is 11.7 Å². The van der Waals surface area contributed by atoms with Crippen LogP contribution < -0.4 is 15.8 Å². The normalized spacial score (nSPS) is 19.1. The van der Waals surface area contributed by atoms with E-state index in [9.17, 15) is 18.0 Å². The molecule has 5 nitrogen and oxygen atoms in total. The van der Waals surface area contributed by atoms with Crippen LogP contribution in [0.4, 0.5) is 13.2 Å². The second kappa shape index (κ2) is 9.16. The van der Waals surface area contributed by atoms with Gasteiger partial charge in [0.1, 0.15) is 5.75 Å². The van der Waals surface area contributed by atoms with Crippen molar-refractivity contribution in [3.63, 3.8) is 0 Å². The predicted molar refractivity (Wildman–Crippen MR) is 115 cm³/mol. The zero-order valence-electron chi connectivity index (χ0n) is 17.4. The highest BCUT2D eigenvalue weighted by molar-refractivity contribution is 5.92. The molecule has 1 aliphatic carbocycles. The van der Waals surface area contributed by atoms with Crippen LogP contribution in [-0.4, -0.2) is 23.1 Å². The first-order chi connectivity index (χ1) is 15.3. The molecule has 1 fully saturated rings. The number of carbonyl (C=O) groups excluding carboxylic acids is 1. The van der Waals surface area contributed by atoms with Gasteiger partial charge in [-0.05, 0) is 42.3 Å². The number of hydrogen-bond acceptors (Lipinski definition) is 4. The molecule has 1 heterocycles. The molecular formula is C24H24F3N3O2. The molecule has 0 bridgehead atoms. The highest BCUT2D eigenvalue weighted by Gasteiger charge is 2.42. The third-order valence-corrected chi connectivity index (χ3v) is 5.93. The molecule has 0 aliphatic heterocycles. The Morgan fingerprint density at radius 1 is 1.09 bits per heavy atom. The van der Waals surface area contributed by atoms with Crippen molar-refractivity contribution in [3.8, 4) is 11.6 Å². The Labute approximate surface area is 183 Å². The van der Waals surface area contributed by atoms with E-state index < -0.39 is 18.0 Å². The van der Waals surface area contributed by atoms with E-state index in [-0.39, 0.29) is 18.9 Å². The first-order valence-corrected chi connectivity index (χ1v) is 10.6. The van der Waals surface area contributed by atoms with Crippen molar-refractivity contribution in [1.82, 2.24) is 10.3 Å². The quantitative estimate of drug-likeness (QED) is 0.539. The zero-order chi connectivity index (χ0) is 22.7. The number of rotatable bonds is 6. The Hall–Kier alpha value is -3.13. The maximum atomic E-state index is 13.1. The highest BCUT2D eigenvalue weighted by Crippen LogP contribution is 2.38. The summed E-state index contributed by atoms with van der Waals surface area (Å²) in [6.45, 7) is 0.474. The number of fused-ring (bicyclic) bond motifs is 1. The standard InChI is InChI=1S/C24H24F3N3O2/c25-24(26,27)17-4-3-5-18(12-17)29-13-15-8-10-21(20-7-2-1-6-19(15)20)32-22-11-9-16(14-30-22)23(28)31/h1-2,6-11,14,17-18,29H,3-5,12-13H2,(H2,28,31)/t17-,18?/m1/s1. The molecule has 32 heavy (non-hydrogen) atoms. The van der Waals surface area contributed by atoms with Crippen LogP contribution in [-0.2, 0) is 6.54 Å². The van der Waals surface area contributed by atoms with Crippen LogP contribution >= 0.6 is 0 Å². The molecule has 1 aromatic heterocycles. The SMILES string of the molecule is NC(=O)c1ccc(Oc2ccc(CNC3CCC[C@@H](C(F)(F)F)C3)c3ccccc23)nc1. The smallest absolute Gasteiger partial charge is 0.391 e. The highest BCUT2D eigenvalue weighted by atomic mass is 19.4. The van der Waals surface area contributed by atoms with Crippen molar-refractivity contribution in [3.05, 3.63) is 65.9 Å². The van der Waals surface area contributed by atoms with Gasteiger partial charge in [-0.25, -0.2) is 4.98 Å². The fourth-order valence-electron chi connectivity index (χ4n) is 4.20. The van der Waals surface area contributed by atoms with Gasteiger partial charge in [0.2, 0.25) is 11.8 Å². The maximum Gasteiger partial charge on any atom is 0.391 e. The Morgan fingerprint density at radius 2 is 1.88 bits per heavy atom. The summed E-state index contributed by atoms with van der Waals surface area (Å²) < 4.78 is 45.2. The third-order valence-electron chi connectivity index (χ3n) is 5.93. The van der Waals surface area contributed by atoms with Crippen LogP contribution in [0.5, 0.6) is 11.6 Å². The van der Waals surface area contributed by atoms with E-state index in [1.54, 1.807) is 12.1 Å². The minimum Gasteiger partial charge on any atom is -0.438 e. The first kappa shape index (κ1) is 22.1. The minimum atomic E-state index is -4.13. The van der Waals surface area contributed by atoms with Crippen LogP contribution in [0.1, 0.15) is 41.6 Å². The number of nitrogens with two attached hydrogens (primary N) is 1. The number of aromatic nitrogens is 1.